The third-order valence-corrected chi connectivity index (χ3v) is 5.02. The molecule has 2 N–H and O–H groups in total. The highest BCUT2D eigenvalue weighted by molar-refractivity contribution is 5.79. The van der Waals surface area contributed by atoms with Gasteiger partial charge in [-0.05, 0) is 31.1 Å². The minimum atomic E-state index is -0.141. The first-order chi connectivity index (χ1) is 11.8. The van der Waals surface area contributed by atoms with Gasteiger partial charge in [0.1, 0.15) is 0 Å². The number of nitrogens with one attached hydrogen (secondary N) is 2. The lowest BCUT2D eigenvalue weighted by Gasteiger charge is -2.27. The van der Waals surface area contributed by atoms with Crippen molar-refractivity contribution in [2.75, 3.05) is 13.1 Å². The second kappa shape index (κ2) is 13.2. The van der Waals surface area contributed by atoms with Crippen LogP contribution in [-0.4, -0.2) is 24.9 Å². The normalized spacial score (nSPS) is 14.0. The summed E-state index contributed by atoms with van der Waals surface area (Å²) in [5.74, 6) is 0.544. The van der Waals surface area contributed by atoms with Gasteiger partial charge in [0.25, 0.3) is 0 Å². The van der Waals surface area contributed by atoms with Crippen LogP contribution in [0.25, 0.3) is 0 Å². The summed E-state index contributed by atoms with van der Waals surface area (Å²) in [6.45, 7) is 13.8. The Morgan fingerprint density at radius 1 is 0.760 bits per heavy atom. The molecule has 0 saturated heterocycles. The van der Waals surface area contributed by atoms with Crippen LogP contribution in [0.15, 0.2) is 0 Å². The first-order valence-electron chi connectivity index (χ1n) is 10.4. The molecule has 0 saturated carbocycles. The summed E-state index contributed by atoms with van der Waals surface area (Å²) < 4.78 is 0. The highest BCUT2D eigenvalue weighted by atomic mass is 16.2. The topological polar surface area (TPSA) is 58.2 Å². The molecule has 0 bridgehead atoms. The second-order valence-corrected chi connectivity index (χ2v) is 8.09. The van der Waals surface area contributed by atoms with Gasteiger partial charge in [-0.1, -0.05) is 67.2 Å². The van der Waals surface area contributed by atoms with E-state index in [2.05, 4.69) is 52.2 Å². The third-order valence-electron chi connectivity index (χ3n) is 5.02. The molecule has 25 heavy (non-hydrogen) atoms. The Morgan fingerprint density at radius 3 is 1.40 bits per heavy atom. The minimum Gasteiger partial charge on any atom is -0.355 e. The van der Waals surface area contributed by atoms with Gasteiger partial charge in [-0.2, -0.15) is 0 Å². The van der Waals surface area contributed by atoms with Crippen molar-refractivity contribution in [2.45, 2.75) is 92.9 Å². The van der Waals surface area contributed by atoms with E-state index in [1.807, 2.05) is 0 Å². The van der Waals surface area contributed by atoms with Gasteiger partial charge in [-0.3, -0.25) is 9.59 Å². The number of unbranched alkanes of at least 4 members (excludes halogenated alkanes) is 2. The van der Waals surface area contributed by atoms with E-state index < -0.39 is 0 Å². The van der Waals surface area contributed by atoms with Crippen molar-refractivity contribution in [3.63, 3.8) is 0 Å². The van der Waals surface area contributed by atoms with E-state index in [9.17, 15) is 9.59 Å². The molecule has 0 rings (SSSR count). The molecule has 0 aliphatic heterocycles. The summed E-state index contributed by atoms with van der Waals surface area (Å²) in [5, 5.41) is 6.19. The second-order valence-electron chi connectivity index (χ2n) is 8.09. The van der Waals surface area contributed by atoms with Crippen molar-refractivity contribution in [2.24, 2.45) is 17.3 Å². The van der Waals surface area contributed by atoms with Gasteiger partial charge in [-0.15, -0.1) is 0 Å². The Balaban J connectivity index is 4.34. The zero-order valence-electron chi connectivity index (χ0n) is 17.5. The van der Waals surface area contributed by atoms with Crippen LogP contribution in [0.3, 0.4) is 0 Å². The highest BCUT2D eigenvalue weighted by Gasteiger charge is 2.24. The molecular formula is C21H42N2O2. The fraction of sp³-hybridized carbons (Fsp3) is 0.905. The fourth-order valence-electron chi connectivity index (χ4n) is 2.95. The van der Waals surface area contributed by atoms with Crippen LogP contribution in [0.2, 0.25) is 0 Å². The Hall–Kier alpha value is -1.06. The molecule has 148 valence electrons. The maximum absolute atomic E-state index is 12.3. The van der Waals surface area contributed by atoms with Crippen LogP contribution >= 0.6 is 0 Å². The number of carbonyl (C=O) groups excluding carboxylic acids is 2. The van der Waals surface area contributed by atoms with Gasteiger partial charge in [0.05, 0.1) is 0 Å². The Bertz CT molecular complexity index is 346. The summed E-state index contributed by atoms with van der Waals surface area (Å²) in [6.07, 6.45) is 8.15. The number of carbonyl (C=O) groups is 2. The van der Waals surface area contributed by atoms with Crippen molar-refractivity contribution in [3.05, 3.63) is 0 Å². The largest absolute Gasteiger partial charge is 0.355 e. The number of hydrogen-bond acceptors (Lipinski definition) is 2. The number of hydrogen-bond donors (Lipinski definition) is 2. The molecule has 0 aromatic rings. The van der Waals surface area contributed by atoms with Crippen molar-refractivity contribution >= 4 is 11.8 Å². The molecule has 2 amide bonds. The number of amides is 2. The van der Waals surface area contributed by atoms with E-state index in [1.54, 1.807) is 0 Å². The van der Waals surface area contributed by atoms with E-state index in [0.717, 1.165) is 51.4 Å². The van der Waals surface area contributed by atoms with Crippen molar-refractivity contribution in [3.8, 4) is 0 Å². The van der Waals surface area contributed by atoms with E-state index in [1.165, 1.54) is 0 Å². The summed E-state index contributed by atoms with van der Waals surface area (Å²) >= 11 is 0. The predicted molar refractivity (Wildman–Crippen MR) is 106 cm³/mol. The molecule has 4 nitrogen and oxygen atoms in total. The Kier molecular flexibility index (Phi) is 12.6. The Morgan fingerprint density at radius 2 is 1.12 bits per heavy atom. The molecule has 0 fully saturated rings. The SMILES string of the molecule is CCCCC(CC)C(=O)NCC(C)(C)CNC(=O)C(CC)CCCC. The van der Waals surface area contributed by atoms with Gasteiger partial charge < -0.3 is 10.6 Å². The summed E-state index contributed by atoms with van der Waals surface area (Å²) in [4.78, 5) is 24.7. The molecule has 4 heteroatoms. The van der Waals surface area contributed by atoms with Crippen LogP contribution < -0.4 is 10.6 Å². The van der Waals surface area contributed by atoms with Crippen molar-refractivity contribution < 1.29 is 9.59 Å². The minimum absolute atomic E-state index is 0.115. The monoisotopic (exact) mass is 354 g/mol. The lowest BCUT2D eigenvalue weighted by Crippen LogP contribution is -2.44. The molecule has 0 aromatic carbocycles. The predicted octanol–water partition coefficient (Wildman–Crippen LogP) is 4.68. The van der Waals surface area contributed by atoms with E-state index in [0.29, 0.717) is 13.1 Å². The maximum atomic E-state index is 12.3. The summed E-state index contributed by atoms with van der Waals surface area (Å²) in [6, 6.07) is 0. The quantitative estimate of drug-likeness (QED) is 0.476. The van der Waals surface area contributed by atoms with Crippen LogP contribution in [0.5, 0.6) is 0 Å². The van der Waals surface area contributed by atoms with Gasteiger partial charge >= 0.3 is 0 Å². The fourth-order valence-corrected chi connectivity index (χ4v) is 2.95. The molecule has 0 aliphatic carbocycles. The molecule has 0 radical (unpaired) electrons. The van der Waals surface area contributed by atoms with E-state index in [4.69, 9.17) is 0 Å². The Labute approximate surface area is 155 Å². The molecule has 0 heterocycles. The van der Waals surface area contributed by atoms with Crippen LogP contribution in [0.1, 0.15) is 92.9 Å². The zero-order valence-corrected chi connectivity index (χ0v) is 17.5. The number of rotatable bonds is 14. The average molecular weight is 355 g/mol. The lowest BCUT2D eigenvalue weighted by molar-refractivity contribution is -0.125. The smallest absolute Gasteiger partial charge is 0.223 e. The van der Waals surface area contributed by atoms with E-state index >= 15 is 0 Å². The molecule has 2 atom stereocenters. The van der Waals surface area contributed by atoms with Crippen LogP contribution in [-0.2, 0) is 9.59 Å². The third kappa shape index (κ3) is 10.5. The van der Waals surface area contributed by atoms with Crippen molar-refractivity contribution in [1.29, 1.82) is 0 Å². The van der Waals surface area contributed by atoms with Crippen LogP contribution in [0.4, 0.5) is 0 Å². The first-order valence-corrected chi connectivity index (χ1v) is 10.4. The molecule has 0 aromatic heterocycles. The van der Waals surface area contributed by atoms with Gasteiger partial charge in [-0.25, -0.2) is 0 Å². The first kappa shape index (κ1) is 23.9. The zero-order chi connectivity index (χ0) is 19.3. The van der Waals surface area contributed by atoms with E-state index in [-0.39, 0.29) is 29.1 Å². The molecule has 0 spiro atoms. The average Bonchev–Trinajstić information content (AvgIpc) is 2.59. The lowest BCUT2D eigenvalue weighted by atomic mass is 9.91. The van der Waals surface area contributed by atoms with Gasteiger partial charge in [0, 0.05) is 24.9 Å². The summed E-state index contributed by atoms with van der Waals surface area (Å²) in [5.41, 5.74) is -0.141. The molecule has 2 unspecified atom stereocenters. The van der Waals surface area contributed by atoms with Crippen molar-refractivity contribution in [1.82, 2.24) is 10.6 Å². The van der Waals surface area contributed by atoms with Crippen LogP contribution in [0, 0.1) is 17.3 Å². The van der Waals surface area contributed by atoms with Gasteiger partial charge in [0.15, 0.2) is 0 Å². The highest BCUT2D eigenvalue weighted by Crippen LogP contribution is 2.17. The van der Waals surface area contributed by atoms with Gasteiger partial charge in [0.2, 0.25) is 11.8 Å². The molecule has 0 aliphatic rings. The summed E-state index contributed by atoms with van der Waals surface area (Å²) in [7, 11) is 0. The molecular weight excluding hydrogens is 312 g/mol. The maximum Gasteiger partial charge on any atom is 0.223 e. The standard InChI is InChI=1S/C21H42N2O2/c1-7-11-13-17(9-3)19(24)22-15-21(5,6)16-23-20(25)18(10-4)14-12-8-2/h17-18H,7-16H2,1-6H3,(H,22,24)(H,23,25).